The van der Waals surface area contributed by atoms with Crippen molar-refractivity contribution in [1.82, 2.24) is 4.98 Å². The van der Waals surface area contributed by atoms with E-state index in [0.29, 0.717) is 5.78 Å². The number of hydrogen-bond donors (Lipinski definition) is 1. The number of rotatable bonds is 3. The summed E-state index contributed by atoms with van der Waals surface area (Å²) in [7, 11) is 0. The summed E-state index contributed by atoms with van der Waals surface area (Å²) in [6.45, 7) is 2.18. The van der Waals surface area contributed by atoms with E-state index >= 15 is 0 Å². The highest BCUT2D eigenvalue weighted by atomic mass is 16.1. The zero-order chi connectivity index (χ0) is 12.5. The monoisotopic (exact) mass is 241 g/mol. The van der Waals surface area contributed by atoms with Crippen LogP contribution in [0.4, 0.5) is 0 Å². The molecule has 2 aromatic rings. The molecule has 1 aromatic heterocycles. The van der Waals surface area contributed by atoms with E-state index in [9.17, 15) is 4.79 Å². The first-order valence-electron chi connectivity index (χ1n) is 6.90. The Balaban J connectivity index is 1.95. The van der Waals surface area contributed by atoms with Gasteiger partial charge in [0.05, 0.1) is 0 Å². The van der Waals surface area contributed by atoms with Crippen LogP contribution in [-0.2, 0) is 17.6 Å². The molecule has 0 bridgehead atoms. The molecular formula is C16H19NO. The molecule has 1 heterocycles. The van der Waals surface area contributed by atoms with Gasteiger partial charge in [-0.1, -0.05) is 25.1 Å². The van der Waals surface area contributed by atoms with Gasteiger partial charge in [-0.05, 0) is 36.8 Å². The summed E-state index contributed by atoms with van der Waals surface area (Å²) in [6.07, 6.45) is 6.97. The molecule has 0 saturated heterocycles. The first-order valence-corrected chi connectivity index (χ1v) is 6.90. The van der Waals surface area contributed by atoms with Gasteiger partial charge in [-0.15, -0.1) is 0 Å². The Morgan fingerprint density at radius 2 is 2.22 bits per heavy atom. The molecule has 2 nitrogen and oxygen atoms in total. The fourth-order valence-corrected chi connectivity index (χ4v) is 3.11. The van der Waals surface area contributed by atoms with Crippen molar-refractivity contribution in [2.75, 3.05) is 0 Å². The minimum Gasteiger partial charge on any atom is -0.361 e. The van der Waals surface area contributed by atoms with Crippen molar-refractivity contribution in [3.63, 3.8) is 0 Å². The van der Waals surface area contributed by atoms with E-state index < -0.39 is 0 Å². The minimum absolute atomic E-state index is 0.259. The number of aromatic nitrogens is 1. The lowest BCUT2D eigenvalue weighted by atomic mass is 9.96. The van der Waals surface area contributed by atoms with Gasteiger partial charge >= 0.3 is 0 Å². The van der Waals surface area contributed by atoms with Crippen LogP contribution in [-0.4, -0.2) is 10.8 Å². The Labute approximate surface area is 107 Å². The summed E-state index contributed by atoms with van der Waals surface area (Å²) in [5.41, 5.74) is 3.91. The molecule has 1 fully saturated rings. The largest absolute Gasteiger partial charge is 0.361 e. The summed E-state index contributed by atoms with van der Waals surface area (Å²) >= 11 is 0. The summed E-state index contributed by atoms with van der Waals surface area (Å²) in [6, 6.07) is 6.46. The quantitative estimate of drug-likeness (QED) is 0.874. The maximum atomic E-state index is 11.7. The van der Waals surface area contributed by atoms with E-state index in [2.05, 4.69) is 36.3 Å². The molecule has 1 unspecified atom stereocenters. The van der Waals surface area contributed by atoms with E-state index in [0.717, 1.165) is 32.1 Å². The summed E-state index contributed by atoms with van der Waals surface area (Å²) in [5.74, 6) is 0.713. The predicted octanol–water partition coefficient (Wildman–Crippen LogP) is 3.64. The molecule has 0 aliphatic heterocycles. The Bertz CT molecular complexity index is 582. The van der Waals surface area contributed by atoms with Crippen molar-refractivity contribution in [2.45, 2.75) is 39.0 Å². The second-order valence-corrected chi connectivity index (χ2v) is 5.27. The number of aryl methyl sites for hydroxylation is 1. The van der Waals surface area contributed by atoms with Gasteiger partial charge in [0.2, 0.25) is 0 Å². The number of para-hydroxylation sites is 1. The van der Waals surface area contributed by atoms with Crippen molar-refractivity contribution in [3.8, 4) is 0 Å². The molecule has 1 aromatic carbocycles. The average Bonchev–Trinajstić information content (AvgIpc) is 2.97. The molecule has 3 rings (SSSR count). The molecule has 1 saturated carbocycles. The van der Waals surface area contributed by atoms with Crippen LogP contribution in [0.15, 0.2) is 24.4 Å². The van der Waals surface area contributed by atoms with E-state index in [1.165, 1.54) is 22.0 Å². The van der Waals surface area contributed by atoms with Gasteiger partial charge in [0.1, 0.15) is 5.78 Å². The van der Waals surface area contributed by atoms with Crippen molar-refractivity contribution in [2.24, 2.45) is 5.92 Å². The third-order valence-corrected chi connectivity index (χ3v) is 4.17. The molecule has 18 heavy (non-hydrogen) atoms. The standard InChI is InChI=1S/C16H19NO/c1-2-11-5-3-7-14-13(10-17-16(11)14)9-12-6-4-8-15(12)18/h3,5,7,10,12,17H,2,4,6,8-9H2,1H3. The fraction of sp³-hybridized carbons (Fsp3) is 0.438. The number of Topliss-reactive ketones (excluding diaryl/α,β-unsaturated/α-hetero) is 1. The van der Waals surface area contributed by atoms with Gasteiger partial charge in [-0.25, -0.2) is 0 Å². The average molecular weight is 241 g/mol. The number of nitrogens with one attached hydrogen (secondary N) is 1. The Morgan fingerprint density at radius 1 is 1.33 bits per heavy atom. The van der Waals surface area contributed by atoms with Crippen LogP contribution in [0, 0.1) is 5.92 Å². The Hall–Kier alpha value is -1.57. The van der Waals surface area contributed by atoms with E-state index in [4.69, 9.17) is 0 Å². The molecule has 1 aliphatic rings. The molecule has 1 atom stereocenters. The van der Waals surface area contributed by atoms with Gasteiger partial charge in [0.15, 0.2) is 0 Å². The lowest BCUT2D eigenvalue weighted by Gasteiger charge is -2.06. The van der Waals surface area contributed by atoms with Gasteiger partial charge in [-0.3, -0.25) is 4.79 Å². The van der Waals surface area contributed by atoms with Crippen molar-refractivity contribution in [3.05, 3.63) is 35.5 Å². The first-order chi connectivity index (χ1) is 8.79. The van der Waals surface area contributed by atoms with E-state index in [1.807, 2.05) is 0 Å². The topological polar surface area (TPSA) is 32.9 Å². The predicted molar refractivity (Wildman–Crippen MR) is 73.7 cm³/mol. The molecule has 1 N–H and O–H groups in total. The molecule has 94 valence electrons. The van der Waals surface area contributed by atoms with Crippen LogP contribution in [0.1, 0.15) is 37.3 Å². The van der Waals surface area contributed by atoms with Crippen LogP contribution >= 0.6 is 0 Å². The third-order valence-electron chi connectivity index (χ3n) is 4.17. The van der Waals surface area contributed by atoms with Gasteiger partial charge in [0.25, 0.3) is 0 Å². The minimum atomic E-state index is 0.259. The number of carbonyl (C=O) groups excluding carboxylic acids is 1. The van der Waals surface area contributed by atoms with Gasteiger partial charge in [-0.2, -0.15) is 0 Å². The highest BCUT2D eigenvalue weighted by Gasteiger charge is 2.25. The van der Waals surface area contributed by atoms with Crippen LogP contribution in [0.5, 0.6) is 0 Å². The van der Waals surface area contributed by atoms with E-state index in [-0.39, 0.29) is 5.92 Å². The van der Waals surface area contributed by atoms with Crippen LogP contribution in [0.2, 0.25) is 0 Å². The number of carbonyl (C=O) groups is 1. The lowest BCUT2D eigenvalue weighted by Crippen LogP contribution is -2.09. The highest BCUT2D eigenvalue weighted by Crippen LogP contribution is 2.29. The lowest BCUT2D eigenvalue weighted by molar-refractivity contribution is -0.120. The molecule has 1 aliphatic carbocycles. The first kappa shape index (κ1) is 11.5. The fourth-order valence-electron chi connectivity index (χ4n) is 3.11. The second kappa shape index (κ2) is 4.60. The number of aromatic amines is 1. The van der Waals surface area contributed by atoms with Crippen LogP contribution in [0.3, 0.4) is 0 Å². The maximum Gasteiger partial charge on any atom is 0.136 e. The summed E-state index contributed by atoms with van der Waals surface area (Å²) < 4.78 is 0. The second-order valence-electron chi connectivity index (χ2n) is 5.27. The maximum absolute atomic E-state index is 11.7. The number of H-pyrrole nitrogens is 1. The van der Waals surface area contributed by atoms with Crippen molar-refractivity contribution in [1.29, 1.82) is 0 Å². The molecule has 0 amide bonds. The Morgan fingerprint density at radius 3 is 2.94 bits per heavy atom. The van der Waals surface area contributed by atoms with Crippen molar-refractivity contribution < 1.29 is 4.79 Å². The smallest absolute Gasteiger partial charge is 0.136 e. The Kier molecular flexibility index (Phi) is 2.94. The summed E-state index contributed by atoms with van der Waals surface area (Å²) in [4.78, 5) is 15.1. The number of hydrogen-bond acceptors (Lipinski definition) is 1. The normalized spacial score (nSPS) is 19.8. The van der Waals surface area contributed by atoms with Gasteiger partial charge < -0.3 is 4.98 Å². The highest BCUT2D eigenvalue weighted by molar-refractivity contribution is 5.88. The SMILES string of the molecule is CCc1cccc2c(CC3CCCC3=O)c[nH]c12. The molecule has 0 spiro atoms. The van der Waals surface area contributed by atoms with E-state index in [1.54, 1.807) is 0 Å². The molecule has 0 radical (unpaired) electrons. The summed E-state index contributed by atoms with van der Waals surface area (Å²) in [5, 5.41) is 1.30. The molecular weight excluding hydrogens is 222 g/mol. The van der Waals surface area contributed by atoms with Crippen LogP contribution < -0.4 is 0 Å². The number of benzene rings is 1. The zero-order valence-electron chi connectivity index (χ0n) is 10.8. The number of ketones is 1. The van der Waals surface area contributed by atoms with Crippen molar-refractivity contribution >= 4 is 16.7 Å². The van der Waals surface area contributed by atoms with Gasteiger partial charge in [0, 0.05) is 29.4 Å². The number of fused-ring (bicyclic) bond motifs is 1. The zero-order valence-corrected chi connectivity index (χ0v) is 10.8. The van der Waals surface area contributed by atoms with Crippen LogP contribution in [0.25, 0.3) is 10.9 Å². The third kappa shape index (κ3) is 1.86. The molecule has 2 heteroatoms.